The SMILES string of the molecule is C[C@]12C(P)=CC(=O)C=C1CC[C@@H]1[C@@H]2[C@@H](O)C[C@@]2(C)[C@H]1CC[C@]2(O)C(=O)CO. The van der Waals surface area contributed by atoms with E-state index in [0.717, 1.165) is 30.1 Å². The maximum absolute atomic E-state index is 12.4. The zero-order valence-corrected chi connectivity index (χ0v) is 17.1. The van der Waals surface area contributed by atoms with Crippen molar-refractivity contribution in [3.8, 4) is 0 Å². The molecule has 4 rings (SSSR count). The molecule has 0 aliphatic heterocycles. The van der Waals surface area contributed by atoms with Crippen molar-refractivity contribution in [1.29, 1.82) is 0 Å². The smallest absolute Gasteiger partial charge is 0.190 e. The fourth-order valence-electron chi connectivity index (χ4n) is 7.07. The number of fused-ring (bicyclic) bond motifs is 5. The summed E-state index contributed by atoms with van der Waals surface area (Å²) in [4.78, 5) is 24.4. The van der Waals surface area contributed by atoms with Crippen molar-refractivity contribution in [1.82, 2.24) is 0 Å². The molecule has 8 atom stereocenters. The number of carbonyl (C=O) groups is 2. The first-order valence-electron chi connectivity index (χ1n) is 9.87. The van der Waals surface area contributed by atoms with E-state index < -0.39 is 29.5 Å². The highest BCUT2D eigenvalue weighted by atomic mass is 31.0. The van der Waals surface area contributed by atoms with Crippen molar-refractivity contribution < 1.29 is 24.9 Å². The number of allylic oxidation sites excluding steroid dienone is 4. The summed E-state index contributed by atoms with van der Waals surface area (Å²) in [5, 5.41) is 32.8. The highest BCUT2D eigenvalue weighted by Crippen LogP contribution is 2.68. The van der Waals surface area contributed by atoms with Crippen LogP contribution in [0.3, 0.4) is 0 Å². The van der Waals surface area contributed by atoms with Gasteiger partial charge >= 0.3 is 0 Å². The number of hydrogen-bond acceptors (Lipinski definition) is 5. The fourth-order valence-corrected chi connectivity index (χ4v) is 7.62. The molecule has 0 spiro atoms. The zero-order valence-electron chi connectivity index (χ0n) is 15.9. The number of Topliss-reactive ketones (excluding diaryl/α,β-unsaturated/α-hetero) is 1. The summed E-state index contributed by atoms with van der Waals surface area (Å²) in [6.45, 7) is 3.36. The quantitative estimate of drug-likeness (QED) is 0.623. The lowest BCUT2D eigenvalue weighted by Gasteiger charge is -2.60. The topological polar surface area (TPSA) is 94.8 Å². The second-order valence-electron chi connectivity index (χ2n) is 9.38. The Kier molecular flexibility index (Phi) is 4.37. The Morgan fingerprint density at radius 1 is 1.30 bits per heavy atom. The van der Waals surface area contributed by atoms with Crippen LogP contribution in [0.4, 0.5) is 0 Å². The van der Waals surface area contributed by atoms with E-state index in [1.165, 1.54) is 0 Å². The third kappa shape index (κ3) is 2.32. The lowest BCUT2D eigenvalue weighted by Crippen LogP contribution is -2.62. The molecular formula is C21H29O5P. The van der Waals surface area contributed by atoms with Crippen molar-refractivity contribution in [2.24, 2.45) is 28.6 Å². The Bertz CT molecular complexity index is 773. The van der Waals surface area contributed by atoms with Crippen LogP contribution in [0.25, 0.3) is 0 Å². The van der Waals surface area contributed by atoms with Gasteiger partial charge in [0.25, 0.3) is 0 Å². The Morgan fingerprint density at radius 2 is 2.00 bits per heavy atom. The molecule has 4 aliphatic carbocycles. The van der Waals surface area contributed by atoms with Crippen LogP contribution < -0.4 is 0 Å². The van der Waals surface area contributed by atoms with E-state index in [4.69, 9.17) is 0 Å². The Morgan fingerprint density at radius 3 is 2.67 bits per heavy atom. The summed E-state index contributed by atoms with van der Waals surface area (Å²) in [5.74, 6) is -0.293. The van der Waals surface area contributed by atoms with E-state index in [0.29, 0.717) is 12.8 Å². The molecule has 0 saturated heterocycles. The average molecular weight is 392 g/mol. The van der Waals surface area contributed by atoms with E-state index in [-0.39, 0.29) is 29.0 Å². The molecule has 27 heavy (non-hydrogen) atoms. The summed E-state index contributed by atoms with van der Waals surface area (Å²) in [7, 11) is 2.70. The zero-order chi connectivity index (χ0) is 19.8. The first-order chi connectivity index (χ1) is 12.6. The van der Waals surface area contributed by atoms with Crippen LogP contribution in [0.5, 0.6) is 0 Å². The fraction of sp³-hybridized carbons (Fsp3) is 0.714. The normalized spacial score (nSPS) is 48.9. The van der Waals surface area contributed by atoms with Crippen molar-refractivity contribution in [2.75, 3.05) is 6.61 Å². The number of carbonyl (C=O) groups excluding carboxylic acids is 2. The first-order valence-corrected chi connectivity index (χ1v) is 10.4. The van der Waals surface area contributed by atoms with E-state index in [1.54, 1.807) is 12.2 Å². The summed E-state index contributed by atoms with van der Waals surface area (Å²) in [6.07, 6.45) is 5.72. The first kappa shape index (κ1) is 19.4. The average Bonchev–Trinajstić information content (AvgIpc) is 2.87. The van der Waals surface area contributed by atoms with Gasteiger partial charge in [-0.15, -0.1) is 9.24 Å². The lowest BCUT2D eigenvalue weighted by molar-refractivity contribution is -0.178. The van der Waals surface area contributed by atoms with E-state index in [2.05, 4.69) is 16.2 Å². The van der Waals surface area contributed by atoms with Gasteiger partial charge < -0.3 is 15.3 Å². The summed E-state index contributed by atoms with van der Waals surface area (Å²) >= 11 is 0. The predicted octanol–water partition coefficient (Wildman–Crippen LogP) is 1.76. The van der Waals surface area contributed by atoms with Crippen molar-refractivity contribution in [3.05, 3.63) is 23.0 Å². The van der Waals surface area contributed by atoms with Gasteiger partial charge in [0.2, 0.25) is 0 Å². The standard InChI is InChI=1S/C21H29O5P/c1-19-9-15(24)18-13(14(19)5-6-21(19,26)16(25)10-22)4-3-11-7-12(23)8-17(27)20(11,18)2/h7-8,13-15,18,22,24,26H,3-6,9-10,27H2,1-2H3/t13-,14-,15-,18+,19-,20+,21-/m0/s1. The van der Waals surface area contributed by atoms with E-state index in [1.807, 2.05) is 6.92 Å². The van der Waals surface area contributed by atoms with Gasteiger partial charge in [-0.1, -0.05) is 19.4 Å². The summed E-state index contributed by atoms with van der Waals surface area (Å²) in [5.41, 5.74) is -1.61. The summed E-state index contributed by atoms with van der Waals surface area (Å²) < 4.78 is 0. The van der Waals surface area contributed by atoms with Crippen LogP contribution in [0.1, 0.15) is 46.0 Å². The van der Waals surface area contributed by atoms with Gasteiger partial charge in [0.1, 0.15) is 12.2 Å². The van der Waals surface area contributed by atoms with Gasteiger partial charge in [-0.2, -0.15) is 0 Å². The minimum absolute atomic E-state index is 0.00449. The van der Waals surface area contributed by atoms with Gasteiger partial charge in [0.15, 0.2) is 11.6 Å². The van der Waals surface area contributed by atoms with Crippen LogP contribution in [-0.4, -0.2) is 45.2 Å². The van der Waals surface area contributed by atoms with Gasteiger partial charge in [0, 0.05) is 16.7 Å². The number of aliphatic hydroxyl groups excluding tert-OH is 2. The molecule has 3 N–H and O–H groups in total. The van der Waals surface area contributed by atoms with E-state index in [9.17, 15) is 24.9 Å². The second-order valence-corrected chi connectivity index (χ2v) is 10.00. The highest BCUT2D eigenvalue weighted by molar-refractivity contribution is 7.22. The predicted molar refractivity (Wildman–Crippen MR) is 104 cm³/mol. The third-order valence-electron chi connectivity index (χ3n) is 8.51. The van der Waals surface area contributed by atoms with Crippen molar-refractivity contribution in [3.63, 3.8) is 0 Å². The van der Waals surface area contributed by atoms with Gasteiger partial charge in [-0.25, -0.2) is 0 Å². The maximum Gasteiger partial charge on any atom is 0.190 e. The molecule has 0 aromatic heterocycles. The minimum atomic E-state index is -1.57. The molecule has 3 fully saturated rings. The molecule has 0 amide bonds. The highest BCUT2D eigenvalue weighted by Gasteiger charge is 2.68. The number of rotatable bonds is 2. The van der Waals surface area contributed by atoms with Crippen LogP contribution in [0.15, 0.2) is 23.0 Å². The van der Waals surface area contributed by atoms with Gasteiger partial charge in [-0.3, -0.25) is 9.59 Å². The van der Waals surface area contributed by atoms with Gasteiger partial charge in [0.05, 0.1) is 6.10 Å². The largest absolute Gasteiger partial charge is 0.393 e. The number of hydrogen-bond donors (Lipinski definition) is 3. The Labute approximate surface area is 162 Å². The van der Waals surface area contributed by atoms with E-state index >= 15 is 0 Å². The molecule has 5 nitrogen and oxygen atoms in total. The van der Waals surface area contributed by atoms with Crippen LogP contribution in [0.2, 0.25) is 0 Å². The molecule has 1 unspecified atom stereocenters. The molecule has 6 heteroatoms. The molecule has 0 aromatic carbocycles. The molecule has 0 aromatic rings. The number of aliphatic hydroxyl groups is 3. The maximum atomic E-state index is 12.4. The lowest BCUT2D eigenvalue weighted by atomic mass is 9.46. The summed E-state index contributed by atoms with van der Waals surface area (Å²) in [6, 6.07) is 0. The third-order valence-corrected chi connectivity index (χ3v) is 9.27. The molecule has 4 aliphatic rings. The molecule has 3 saturated carbocycles. The molecular weight excluding hydrogens is 363 g/mol. The molecule has 148 valence electrons. The molecule has 0 bridgehead atoms. The van der Waals surface area contributed by atoms with Crippen molar-refractivity contribution in [2.45, 2.75) is 57.7 Å². The second kappa shape index (κ2) is 6.06. The van der Waals surface area contributed by atoms with Crippen LogP contribution in [0, 0.1) is 28.6 Å². The Hall–Kier alpha value is -0.870. The Balaban J connectivity index is 1.77. The van der Waals surface area contributed by atoms with Crippen LogP contribution >= 0.6 is 9.24 Å². The monoisotopic (exact) mass is 392 g/mol. The minimum Gasteiger partial charge on any atom is -0.393 e. The number of ketones is 2. The van der Waals surface area contributed by atoms with Crippen molar-refractivity contribution >= 4 is 20.8 Å². The van der Waals surface area contributed by atoms with Crippen LogP contribution in [-0.2, 0) is 9.59 Å². The van der Waals surface area contributed by atoms with Gasteiger partial charge in [-0.05, 0) is 61.4 Å². The molecule has 0 heterocycles. The molecule has 0 radical (unpaired) electrons.